The monoisotopic (exact) mass is 257 g/mol. The van der Waals surface area contributed by atoms with Crippen LogP contribution >= 0.6 is 0 Å². The van der Waals surface area contributed by atoms with Gasteiger partial charge in [-0.1, -0.05) is 12.1 Å². The van der Waals surface area contributed by atoms with Gasteiger partial charge in [-0.25, -0.2) is 8.42 Å². The molecule has 0 atom stereocenters. The molecule has 0 amide bonds. The fraction of sp³-hybridized carbons (Fsp3) is 0.500. The fourth-order valence-electron chi connectivity index (χ4n) is 1.48. The lowest BCUT2D eigenvalue weighted by Gasteiger charge is -2.16. The summed E-state index contributed by atoms with van der Waals surface area (Å²) in [5.74, 6) is 1.01. The van der Waals surface area contributed by atoms with Crippen LogP contribution in [0.25, 0.3) is 0 Å². The number of benzene rings is 1. The van der Waals surface area contributed by atoms with Gasteiger partial charge in [0.15, 0.2) is 0 Å². The Hall–Kier alpha value is -1.07. The van der Waals surface area contributed by atoms with Gasteiger partial charge in [0, 0.05) is 19.3 Å². The lowest BCUT2D eigenvalue weighted by atomic mass is 10.2. The molecule has 0 spiro atoms. The van der Waals surface area contributed by atoms with Gasteiger partial charge in [-0.15, -0.1) is 0 Å². The van der Waals surface area contributed by atoms with E-state index in [0.717, 1.165) is 11.3 Å². The summed E-state index contributed by atoms with van der Waals surface area (Å²) in [7, 11) is 0.648. The lowest BCUT2D eigenvalue weighted by Crippen LogP contribution is -2.24. The Bertz CT molecular complexity index is 457. The number of sulfone groups is 1. The van der Waals surface area contributed by atoms with Gasteiger partial charge in [0.05, 0.1) is 12.9 Å². The maximum atomic E-state index is 11.0. The summed E-state index contributed by atoms with van der Waals surface area (Å²) in [6.07, 6.45) is 1.26. The van der Waals surface area contributed by atoms with Crippen molar-refractivity contribution in [1.29, 1.82) is 0 Å². The molecule has 4 nitrogen and oxygen atoms in total. The summed E-state index contributed by atoms with van der Waals surface area (Å²) in [4.78, 5) is 1.98. The van der Waals surface area contributed by atoms with E-state index in [0.29, 0.717) is 13.1 Å². The molecule has 5 heteroatoms. The highest BCUT2D eigenvalue weighted by Crippen LogP contribution is 2.13. The quantitative estimate of drug-likeness (QED) is 0.767. The van der Waals surface area contributed by atoms with Crippen LogP contribution in [0.15, 0.2) is 24.3 Å². The summed E-state index contributed by atoms with van der Waals surface area (Å²) < 4.78 is 27.2. The van der Waals surface area contributed by atoms with Gasteiger partial charge in [0.25, 0.3) is 0 Å². The van der Waals surface area contributed by atoms with E-state index in [1.807, 2.05) is 36.2 Å². The first-order valence-corrected chi connectivity index (χ1v) is 7.46. The molecule has 1 aromatic rings. The largest absolute Gasteiger partial charge is 0.497 e. The van der Waals surface area contributed by atoms with Crippen LogP contribution < -0.4 is 4.74 Å². The Kier molecular flexibility index (Phi) is 4.96. The van der Waals surface area contributed by atoms with E-state index in [9.17, 15) is 8.42 Å². The maximum Gasteiger partial charge on any atom is 0.148 e. The predicted octanol–water partition coefficient (Wildman–Crippen LogP) is 1.17. The zero-order chi connectivity index (χ0) is 12.9. The van der Waals surface area contributed by atoms with E-state index < -0.39 is 9.84 Å². The van der Waals surface area contributed by atoms with Crippen molar-refractivity contribution in [3.8, 4) is 5.75 Å². The molecule has 0 aliphatic rings. The third kappa shape index (κ3) is 5.70. The summed E-state index contributed by atoms with van der Waals surface area (Å²) >= 11 is 0. The average Bonchev–Trinajstić information content (AvgIpc) is 2.26. The molecular formula is C12H19NO3S. The molecule has 1 rings (SSSR count). The van der Waals surface area contributed by atoms with Crippen molar-refractivity contribution in [2.24, 2.45) is 0 Å². The standard InChI is InChI=1S/C12H19NO3S/c1-13(7-8-17(3,14)15)10-11-5-4-6-12(9-11)16-2/h4-6,9H,7-8,10H2,1-3H3. The Morgan fingerprint density at radius 3 is 2.65 bits per heavy atom. The van der Waals surface area contributed by atoms with Crippen molar-refractivity contribution in [1.82, 2.24) is 4.90 Å². The summed E-state index contributed by atoms with van der Waals surface area (Å²) in [5.41, 5.74) is 1.11. The highest BCUT2D eigenvalue weighted by molar-refractivity contribution is 7.90. The number of ether oxygens (including phenoxy) is 1. The minimum atomic E-state index is -2.89. The summed E-state index contributed by atoms with van der Waals surface area (Å²) in [6, 6.07) is 7.77. The molecule has 0 aliphatic carbocycles. The van der Waals surface area contributed by atoms with Gasteiger partial charge in [-0.2, -0.15) is 0 Å². The van der Waals surface area contributed by atoms with Crippen LogP contribution in [0, 0.1) is 0 Å². The number of nitrogens with zero attached hydrogens (tertiary/aromatic N) is 1. The average molecular weight is 257 g/mol. The lowest BCUT2D eigenvalue weighted by molar-refractivity contribution is 0.345. The van der Waals surface area contributed by atoms with Crippen LogP contribution in [0.1, 0.15) is 5.56 Å². The SMILES string of the molecule is COc1cccc(CN(C)CCS(C)(=O)=O)c1. The van der Waals surface area contributed by atoms with Gasteiger partial charge in [-0.3, -0.25) is 0 Å². The first kappa shape index (κ1) is 14.0. The first-order valence-electron chi connectivity index (χ1n) is 5.40. The van der Waals surface area contributed by atoms with E-state index in [1.54, 1.807) is 7.11 Å². The first-order chi connectivity index (χ1) is 7.90. The van der Waals surface area contributed by atoms with Crippen LogP contribution in [0.5, 0.6) is 5.75 Å². The van der Waals surface area contributed by atoms with Crippen molar-refractivity contribution >= 4 is 9.84 Å². The topological polar surface area (TPSA) is 46.6 Å². The molecule has 0 fully saturated rings. The van der Waals surface area contributed by atoms with E-state index in [4.69, 9.17) is 4.74 Å². The molecule has 17 heavy (non-hydrogen) atoms. The molecule has 0 aliphatic heterocycles. The van der Waals surface area contributed by atoms with Crippen molar-refractivity contribution in [2.75, 3.05) is 32.7 Å². The van der Waals surface area contributed by atoms with Crippen molar-refractivity contribution in [2.45, 2.75) is 6.54 Å². The van der Waals surface area contributed by atoms with Gasteiger partial charge in [0.1, 0.15) is 15.6 Å². The van der Waals surface area contributed by atoms with Crippen molar-refractivity contribution in [3.05, 3.63) is 29.8 Å². The Morgan fingerprint density at radius 2 is 2.06 bits per heavy atom. The van der Waals surface area contributed by atoms with Crippen molar-refractivity contribution < 1.29 is 13.2 Å². The Morgan fingerprint density at radius 1 is 1.35 bits per heavy atom. The van der Waals surface area contributed by atoms with Gasteiger partial charge in [0.2, 0.25) is 0 Å². The summed E-state index contributed by atoms with van der Waals surface area (Å²) in [6.45, 7) is 1.25. The van der Waals surface area contributed by atoms with Crippen LogP contribution in [0.4, 0.5) is 0 Å². The Labute approximate surface area is 103 Å². The molecule has 96 valence electrons. The third-order valence-electron chi connectivity index (χ3n) is 2.43. The molecule has 0 heterocycles. The highest BCUT2D eigenvalue weighted by atomic mass is 32.2. The number of rotatable bonds is 6. The predicted molar refractivity (Wildman–Crippen MR) is 69.0 cm³/mol. The molecule has 1 aromatic carbocycles. The highest BCUT2D eigenvalue weighted by Gasteiger charge is 2.06. The van der Waals surface area contributed by atoms with Crippen molar-refractivity contribution in [3.63, 3.8) is 0 Å². The molecular weight excluding hydrogens is 238 g/mol. The molecule has 0 N–H and O–H groups in total. The number of hydrogen-bond donors (Lipinski definition) is 0. The van der Waals surface area contributed by atoms with Crippen LogP contribution in [0.3, 0.4) is 0 Å². The molecule has 0 radical (unpaired) electrons. The van der Waals surface area contributed by atoms with E-state index >= 15 is 0 Å². The minimum absolute atomic E-state index is 0.188. The van der Waals surface area contributed by atoms with E-state index in [2.05, 4.69) is 0 Å². The molecule has 0 unspecified atom stereocenters. The minimum Gasteiger partial charge on any atom is -0.497 e. The van der Waals surface area contributed by atoms with Crippen LogP contribution in [0.2, 0.25) is 0 Å². The number of methoxy groups -OCH3 is 1. The zero-order valence-electron chi connectivity index (χ0n) is 10.5. The second-order valence-corrected chi connectivity index (χ2v) is 6.48. The maximum absolute atomic E-state index is 11.0. The molecule has 0 bridgehead atoms. The number of hydrogen-bond acceptors (Lipinski definition) is 4. The normalized spacial score (nSPS) is 11.8. The van der Waals surface area contributed by atoms with Gasteiger partial charge in [-0.05, 0) is 24.7 Å². The van der Waals surface area contributed by atoms with Gasteiger partial charge < -0.3 is 9.64 Å². The molecule has 0 saturated carbocycles. The van der Waals surface area contributed by atoms with Crippen LogP contribution in [-0.4, -0.2) is 46.0 Å². The zero-order valence-corrected chi connectivity index (χ0v) is 11.3. The third-order valence-corrected chi connectivity index (χ3v) is 3.35. The van der Waals surface area contributed by atoms with Crippen LogP contribution in [-0.2, 0) is 16.4 Å². The smallest absolute Gasteiger partial charge is 0.148 e. The molecule has 0 saturated heterocycles. The second kappa shape index (κ2) is 6.02. The fourth-order valence-corrected chi connectivity index (χ4v) is 2.13. The van der Waals surface area contributed by atoms with E-state index in [-0.39, 0.29) is 5.75 Å². The summed E-state index contributed by atoms with van der Waals surface area (Å²) in [5, 5.41) is 0. The molecule has 0 aromatic heterocycles. The van der Waals surface area contributed by atoms with E-state index in [1.165, 1.54) is 6.26 Å². The second-order valence-electron chi connectivity index (χ2n) is 4.22. The van der Waals surface area contributed by atoms with Gasteiger partial charge >= 0.3 is 0 Å². The Balaban J connectivity index is 2.52.